The monoisotopic (exact) mass is 490 g/mol. The topological polar surface area (TPSA) is 49.3 Å². The quantitative estimate of drug-likeness (QED) is 0.370. The van der Waals surface area contributed by atoms with Gasteiger partial charge in [-0.15, -0.1) is 35.3 Å². The number of halogens is 4. The summed E-state index contributed by atoms with van der Waals surface area (Å²) in [7, 11) is 0. The van der Waals surface area contributed by atoms with E-state index in [1.54, 1.807) is 11.3 Å². The maximum Gasteiger partial charge on any atom is 0.391 e. The van der Waals surface area contributed by atoms with Gasteiger partial charge in [-0.2, -0.15) is 13.2 Å². The van der Waals surface area contributed by atoms with E-state index in [-0.39, 0.29) is 42.9 Å². The highest BCUT2D eigenvalue weighted by Crippen LogP contribution is 2.37. The van der Waals surface area contributed by atoms with Crippen molar-refractivity contribution in [2.75, 3.05) is 6.54 Å². The second-order valence-electron chi connectivity index (χ2n) is 6.18. The second-order valence-corrected chi connectivity index (χ2v) is 7.47. The van der Waals surface area contributed by atoms with Crippen LogP contribution in [-0.4, -0.2) is 29.7 Å². The molecule has 0 radical (unpaired) electrons. The van der Waals surface area contributed by atoms with Crippen LogP contribution in [-0.2, 0) is 6.54 Å². The minimum Gasteiger partial charge on any atom is -0.357 e. The van der Waals surface area contributed by atoms with Gasteiger partial charge in [0.1, 0.15) is 5.01 Å². The Hall–Kier alpha value is -0.580. The molecule has 1 aliphatic carbocycles. The smallest absolute Gasteiger partial charge is 0.357 e. The third-order valence-electron chi connectivity index (χ3n) is 4.32. The van der Waals surface area contributed by atoms with Gasteiger partial charge in [0, 0.05) is 17.5 Å². The predicted octanol–water partition coefficient (Wildman–Crippen LogP) is 4.55. The molecule has 0 aliphatic heterocycles. The fourth-order valence-corrected chi connectivity index (χ4v) is 3.69. The van der Waals surface area contributed by atoms with Gasteiger partial charge in [-0.05, 0) is 46.5 Å². The van der Waals surface area contributed by atoms with Crippen molar-refractivity contribution >= 4 is 41.3 Å². The largest absolute Gasteiger partial charge is 0.391 e. The Balaban J connectivity index is 0.00000312. The zero-order valence-corrected chi connectivity index (χ0v) is 17.9. The normalized spacial score (nSPS) is 21.6. The molecule has 1 fully saturated rings. The van der Waals surface area contributed by atoms with Crippen LogP contribution in [0.4, 0.5) is 13.2 Å². The summed E-state index contributed by atoms with van der Waals surface area (Å²) in [6, 6.07) is 0.0427. The fraction of sp³-hybridized carbons (Fsp3) is 0.750. The average molecular weight is 490 g/mol. The van der Waals surface area contributed by atoms with Crippen LogP contribution in [0.25, 0.3) is 0 Å². The molecule has 144 valence electrons. The molecule has 0 aromatic carbocycles. The van der Waals surface area contributed by atoms with E-state index in [2.05, 4.69) is 20.6 Å². The lowest BCUT2D eigenvalue weighted by Crippen LogP contribution is -2.45. The zero-order chi connectivity index (χ0) is 17.7. The van der Waals surface area contributed by atoms with Gasteiger partial charge in [-0.3, -0.25) is 0 Å². The van der Waals surface area contributed by atoms with Crippen LogP contribution in [0.5, 0.6) is 0 Å². The number of guanidine groups is 1. The molecular weight excluding hydrogens is 464 g/mol. The summed E-state index contributed by atoms with van der Waals surface area (Å²) in [5, 5.41) is 7.37. The van der Waals surface area contributed by atoms with E-state index in [0.29, 0.717) is 31.9 Å². The minimum atomic E-state index is -4.07. The summed E-state index contributed by atoms with van der Waals surface area (Å²) in [6.07, 6.45) is -2.66. The van der Waals surface area contributed by atoms with Gasteiger partial charge < -0.3 is 10.6 Å². The Kier molecular flexibility index (Phi) is 8.93. The Morgan fingerprint density at radius 3 is 2.36 bits per heavy atom. The molecule has 1 aromatic rings. The molecule has 0 bridgehead atoms. The van der Waals surface area contributed by atoms with E-state index in [9.17, 15) is 13.2 Å². The van der Waals surface area contributed by atoms with Crippen molar-refractivity contribution in [3.8, 4) is 0 Å². The first-order valence-corrected chi connectivity index (χ1v) is 9.15. The molecular formula is C16H26F3IN4S. The molecule has 2 N–H and O–H groups in total. The molecule has 4 nitrogen and oxygen atoms in total. The van der Waals surface area contributed by atoms with Crippen molar-refractivity contribution in [1.82, 2.24) is 15.6 Å². The standard InChI is InChI=1S/C16H25F3N4S.HI/c1-4-20-15(21-9-14-22-10(2)11(3)24-14)23-13-7-5-12(6-8-13)16(17,18)19;/h12-13H,4-9H2,1-3H3,(H2,20,21,23);1H. The van der Waals surface area contributed by atoms with Gasteiger partial charge in [0.2, 0.25) is 0 Å². The summed E-state index contributed by atoms with van der Waals surface area (Å²) < 4.78 is 38.2. The molecule has 25 heavy (non-hydrogen) atoms. The Bertz CT molecular complexity index is 547. The molecule has 0 amide bonds. The maximum atomic E-state index is 12.7. The second kappa shape index (κ2) is 9.94. The first kappa shape index (κ1) is 22.5. The van der Waals surface area contributed by atoms with Crippen LogP contribution in [0.15, 0.2) is 4.99 Å². The van der Waals surface area contributed by atoms with E-state index in [1.807, 2.05) is 20.8 Å². The Labute approximate surface area is 168 Å². The molecule has 0 spiro atoms. The number of nitrogens with one attached hydrogen (secondary N) is 2. The maximum absolute atomic E-state index is 12.7. The zero-order valence-electron chi connectivity index (χ0n) is 14.7. The van der Waals surface area contributed by atoms with E-state index in [4.69, 9.17) is 0 Å². The molecule has 1 aromatic heterocycles. The lowest BCUT2D eigenvalue weighted by atomic mass is 9.85. The third kappa shape index (κ3) is 6.92. The highest BCUT2D eigenvalue weighted by molar-refractivity contribution is 14.0. The van der Waals surface area contributed by atoms with Crippen molar-refractivity contribution in [1.29, 1.82) is 0 Å². The fourth-order valence-electron chi connectivity index (χ4n) is 2.83. The SMILES string of the molecule is CCNC(=NCc1nc(C)c(C)s1)NC1CCC(C(F)(F)F)CC1.I. The van der Waals surface area contributed by atoms with Crippen LogP contribution < -0.4 is 10.6 Å². The number of hydrogen-bond donors (Lipinski definition) is 2. The number of thiazole rings is 1. The lowest BCUT2D eigenvalue weighted by Gasteiger charge is -2.31. The van der Waals surface area contributed by atoms with Gasteiger partial charge in [-0.25, -0.2) is 9.98 Å². The van der Waals surface area contributed by atoms with Crippen LogP contribution in [0.1, 0.15) is 48.2 Å². The van der Waals surface area contributed by atoms with E-state index in [0.717, 1.165) is 10.7 Å². The molecule has 0 saturated heterocycles. The van der Waals surface area contributed by atoms with Crippen LogP contribution in [0.2, 0.25) is 0 Å². The van der Waals surface area contributed by atoms with Crippen molar-refractivity contribution in [3.05, 3.63) is 15.6 Å². The van der Waals surface area contributed by atoms with Gasteiger partial charge in [0.25, 0.3) is 0 Å². The number of nitrogens with zero attached hydrogens (tertiary/aromatic N) is 2. The predicted molar refractivity (Wildman–Crippen MR) is 107 cm³/mol. The average Bonchev–Trinajstić information content (AvgIpc) is 2.83. The molecule has 2 rings (SSSR count). The summed E-state index contributed by atoms with van der Waals surface area (Å²) in [5.74, 6) is -0.505. The van der Waals surface area contributed by atoms with E-state index in [1.165, 1.54) is 4.88 Å². The summed E-state index contributed by atoms with van der Waals surface area (Å²) in [6.45, 7) is 7.16. The number of hydrogen-bond acceptors (Lipinski definition) is 3. The van der Waals surface area contributed by atoms with Crippen LogP contribution in [0.3, 0.4) is 0 Å². The highest BCUT2D eigenvalue weighted by atomic mass is 127. The number of aryl methyl sites for hydroxylation is 2. The number of alkyl halides is 3. The number of aliphatic imine (C=N–C) groups is 1. The number of rotatable bonds is 4. The lowest BCUT2D eigenvalue weighted by molar-refractivity contribution is -0.182. The van der Waals surface area contributed by atoms with Crippen molar-refractivity contribution < 1.29 is 13.2 Å². The molecule has 1 aliphatic rings. The summed E-state index contributed by atoms with van der Waals surface area (Å²) >= 11 is 1.62. The van der Waals surface area contributed by atoms with Crippen LogP contribution in [0, 0.1) is 19.8 Å². The third-order valence-corrected chi connectivity index (χ3v) is 5.38. The number of aromatic nitrogens is 1. The molecule has 1 saturated carbocycles. The first-order chi connectivity index (χ1) is 11.3. The summed E-state index contributed by atoms with van der Waals surface area (Å²) in [4.78, 5) is 10.2. The van der Waals surface area contributed by atoms with Gasteiger partial charge in [0.15, 0.2) is 5.96 Å². The Morgan fingerprint density at radius 1 is 1.24 bits per heavy atom. The minimum absolute atomic E-state index is 0. The Morgan fingerprint density at radius 2 is 1.88 bits per heavy atom. The molecule has 9 heteroatoms. The van der Waals surface area contributed by atoms with Gasteiger partial charge in [0.05, 0.1) is 18.2 Å². The van der Waals surface area contributed by atoms with Crippen molar-refractivity contribution in [3.63, 3.8) is 0 Å². The summed E-state index contributed by atoms with van der Waals surface area (Å²) in [5.41, 5.74) is 1.02. The molecule has 0 unspecified atom stereocenters. The van der Waals surface area contributed by atoms with Gasteiger partial charge in [-0.1, -0.05) is 0 Å². The molecule has 0 atom stereocenters. The van der Waals surface area contributed by atoms with E-state index >= 15 is 0 Å². The van der Waals surface area contributed by atoms with Crippen molar-refractivity contribution in [2.45, 2.75) is 65.2 Å². The van der Waals surface area contributed by atoms with Gasteiger partial charge >= 0.3 is 6.18 Å². The van der Waals surface area contributed by atoms with E-state index < -0.39 is 12.1 Å². The van der Waals surface area contributed by atoms with Crippen LogP contribution >= 0.6 is 35.3 Å². The first-order valence-electron chi connectivity index (χ1n) is 8.34. The highest BCUT2D eigenvalue weighted by Gasteiger charge is 2.41. The van der Waals surface area contributed by atoms with Crippen molar-refractivity contribution in [2.24, 2.45) is 10.9 Å². The molecule has 1 heterocycles.